The van der Waals surface area contributed by atoms with Crippen LogP contribution in [0, 0.1) is 7.14 Å². The molecule has 0 amide bonds. The molecule has 2 rings (SSSR count). The Morgan fingerprint density at radius 3 is 2.35 bits per heavy atom. The monoisotopic (exact) mass is 540 g/mol. The molecule has 0 radical (unpaired) electrons. The summed E-state index contributed by atoms with van der Waals surface area (Å²) in [5.41, 5.74) is -0.0308. The molecule has 2 N–H and O–H groups in total. The van der Waals surface area contributed by atoms with E-state index in [4.69, 9.17) is 14.6 Å². The average molecular weight is 540 g/mol. The van der Waals surface area contributed by atoms with E-state index in [0.29, 0.717) is 5.75 Å². The molecule has 0 atom stereocenters. The molecule has 0 aliphatic carbocycles. The smallest absolute Gasteiger partial charge is 0.347 e. The van der Waals surface area contributed by atoms with Gasteiger partial charge in [0.15, 0.2) is 0 Å². The third-order valence-corrected chi connectivity index (χ3v) is 4.27. The summed E-state index contributed by atoms with van der Waals surface area (Å²) in [5, 5.41) is 18.5. The minimum absolute atomic E-state index is 0.0356. The fourth-order valence-electron chi connectivity index (χ4n) is 1.84. The molecule has 0 spiro atoms. The van der Waals surface area contributed by atoms with Crippen LogP contribution in [0.1, 0.15) is 20.7 Å². The van der Waals surface area contributed by atoms with Crippen molar-refractivity contribution >= 4 is 57.1 Å². The normalized spacial score (nSPS) is 10.2. The van der Waals surface area contributed by atoms with Gasteiger partial charge < -0.3 is 19.7 Å². The molecule has 120 valence electrons. The van der Waals surface area contributed by atoms with Crippen molar-refractivity contribution in [3.05, 3.63) is 48.6 Å². The number of ether oxygens (including phenoxy) is 2. The third kappa shape index (κ3) is 4.05. The second kappa shape index (κ2) is 7.34. The number of benzene rings is 2. The van der Waals surface area contributed by atoms with Crippen molar-refractivity contribution in [2.24, 2.45) is 0 Å². The average Bonchev–Trinajstić information content (AvgIpc) is 2.46. The highest BCUT2D eigenvalue weighted by Crippen LogP contribution is 2.30. The van der Waals surface area contributed by atoms with E-state index in [-0.39, 0.29) is 16.9 Å². The van der Waals surface area contributed by atoms with Crippen molar-refractivity contribution in [2.75, 3.05) is 7.11 Å². The van der Waals surface area contributed by atoms with Gasteiger partial charge in [-0.2, -0.15) is 0 Å². The lowest BCUT2D eigenvalue weighted by atomic mass is 10.2. The van der Waals surface area contributed by atoms with Gasteiger partial charge in [-0.3, -0.25) is 0 Å². The van der Waals surface area contributed by atoms with Gasteiger partial charge in [-0.05, 0) is 69.4 Å². The van der Waals surface area contributed by atoms with Gasteiger partial charge in [0.05, 0.1) is 10.7 Å². The van der Waals surface area contributed by atoms with Gasteiger partial charge in [0.25, 0.3) is 0 Å². The molecule has 0 saturated carbocycles. The number of aromatic hydroxyl groups is 1. The number of esters is 1. The molecule has 0 unspecified atom stereocenters. The van der Waals surface area contributed by atoms with E-state index in [1.54, 1.807) is 6.07 Å². The largest absolute Gasteiger partial charge is 0.507 e. The van der Waals surface area contributed by atoms with Gasteiger partial charge in [-0.25, -0.2) is 9.59 Å². The van der Waals surface area contributed by atoms with Crippen molar-refractivity contribution in [1.82, 2.24) is 0 Å². The van der Waals surface area contributed by atoms with Crippen LogP contribution in [-0.4, -0.2) is 29.3 Å². The van der Waals surface area contributed by atoms with Gasteiger partial charge in [0.1, 0.15) is 28.4 Å². The predicted octanol–water partition coefficient (Wildman–Crippen LogP) is 3.53. The molecule has 0 aliphatic rings. The third-order valence-electron chi connectivity index (χ3n) is 2.84. The lowest BCUT2D eigenvalue weighted by molar-refractivity contribution is 0.0693. The summed E-state index contributed by atoms with van der Waals surface area (Å²) >= 11 is 4.12. The van der Waals surface area contributed by atoms with Gasteiger partial charge in [0, 0.05) is 9.64 Å². The summed E-state index contributed by atoms with van der Waals surface area (Å²) in [6, 6.07) is 7.01. The summed E-state index contributed by atoms with van der Waals surface area (Å²) in [6.07, 6.45) is 0. The number of hydrogen-bond acceptors (Lipinski definition) is 5. The van der Waals surface area contributed by atoms with Crippen LogP contribution < -0.4 is 9.47 Å². The first-order chi connectivity index (χ1) is 10.8. The summed E-state index contributed by atoms with van der Waals surface area (Å²) in [5.74, 6) is -1.99. The van der Waals surface area contributed by atoms with Crippen LogP contribution in [0.5, 0.6) is 17.2 Å². The maximum absolute atomic E-state index is 12.3. The molecule has 2 aromatic carbocycles. The molecule has 0 aromatic heterocycles. The molecular weight excluding hydrogens is 530 g/mol. The highest BCUT2D eigenvalue weighted by molar-refractivity contribution is 14.1. The Labute approximate surface area is 158 Å². The van der Waals surface area contributed by atoms with Crippen LogP contribution in [0.4, 0.5) is 0 Å². The molecule has 6 nitrogen and oxygen atoms in total. The summed E-state index contributed by atoms with van der Waals surface area (Å²) in [7, 11) is 1.45. The van der Waals surface area contributed by atoms with E-state index in [2.05, 4.69) is 45.2 Å². The lowest BCUT2D eigenvalue weighted by Gasteiger charge is -2.11. The molecule has 0 heterocycles. The summed E-state index contributed by atoms with van der Waals surface area (Å²) in [6.45, 7) is 0. The van der Waals surface area contributed by atoms with E-state index in [9.17, 15) is 14.7 Å². The second-order valence-electron chi connectivity index (χ2n) is 4.34. The second-order valence-corrected chi connectivity index (χ2v) is 6.75. The zero-order valence-corrected chi connectivity index (χ0v) is 16.0. The molecule has 0 bridgehead atoms. The van der Waals surface area contributed by atoms with Gasteiger partial charge >= 0.3 is 11.9 Å². The van der Waals surface area contributed by atoms with Crippen LogP contribution in [0.15, 0.2) is 30.3 Å². The minimum atomic E-state index is -1.27. The van der Waals surface area contributed by atoms with E-state index in [1.165, 1.54) is 13.2 Å². The number of aromatic carboxylic acids is 1. The number of phenols is 1. The number of carbonyl (C=O) groups is 2. The number of halogens is 2. The van der Waals surface area contributed by atoms with Crippen LogP contribution in [0.3, 0.4) is 0 Å². The first-order valence-corrected chi connectivity index (χ1v) is 8.30. The molecule has 23 heavy (non-hydrogen) atoms. The zero-order valence-electron chi connectivity index (χ0n) is 11.7. The first kappa shape index (κ1) is 17.8. The molecule has 0 aliphatic heterocycles. The predicted molar refractivity (Wildman–Crippen MR) is 98.5 cm³/mol. The highest BCUT2D eigenvalue weighted by atomic mass is 127. The molecule has 0 fully saturated rings. The first-order valence-electron chi connectivity index (χ1n) is 6.15. The minimum Gasteiger partial charge on any atom is -0.507 e. The Hall–Kier alpha value is -1.56. The van der Waals surface area contributed by atoms with Gasteiger partial charge in [-0.1, -0.05) is 0 Å². The van der Waals surface area contributed by atoms with Crippen molar-refractivity contribution < 1.29 is 29.3 Å². The lowest BCUT2D eigenvalue weighted by Crippen LogP contribution is -2.11. The summed E-state index contributed by atoms with van der Waals surface area (Å²) < 4.78 is 12.0. The van der Waals surface area contributed by atoms with E-state index >= 15 is 0 Å². The maximum atomic E-state index is 12.3. The fraction of sp³-hybridized carbons (Fsp3) is 0.0667. The van der Waals surface area contributed by atoms with E-state index in [0.717, 1.165) is 19.3 Å². The Morgan fingerprint density at radius 2 is 1.78 bits per heavy atom. The number of carboxylic acid groups (broad SMARTS) is 1. The van der Waals surface area contributed by atoms with Crippen molar-refractivity contribution in [3.8, 4) is 17.2 Å². The van der Waals surface area contributed by atoms with Crippen LogP contribution in [-0.2, 0) is 0 Å². The van der Waals surface area contributed by atoms with Crippen molar-refractivity contribution in [1.29, 1.82) is 0 Å². The van der Waals surface area contributed by atoms with Crippen LogP contribution in [0.2, 0.25) is 0 Å². The Kier molecular flexibility index (Phi) is 5.68. The maximum Gasteiger partial charge on any atom is 0.347 e. The Morgan fingerprint density at radius 1 is 1.09 bits per heavy atom. The van der Waals surface area contributed by atoms with Crippen molar-refractivity contribution in [3.63, 3.8) is 0 Å². The number of hydrogen-bond donors (Lipinski definition) is 2. The highest BCUT2D eigenvalue weighted by Gasteiger charge is 2.19. The fourth-order valence-corrected chi connectivity index (χ4v) is 3.90. The zero-order chi connectivity index (χ0) is 17.1. The van der Waals surface area contributed by atoms with Gasteiger partial charge in [0.2, 0.25) is 0 Å². The van der Waals surface area contributed by atoms with Crippen LogP contribution >= 0.6 is 45.2 Å². The molecule has 0 saturated heterocycles. The SMILES string of the molecule is COc1c(I)cc(I)cc1C(=O)Oc1ccc(C(=O)O)c(O)c1. The Bertz CT molecular complexity index is 788. The number of carboxylic acids is 1. The molecule has 8 heteroatoms. The van der Waals surface area contributed by atoms with E-state index in [1.807, 2.05) is 6.07 Å². The molecule has 2 aromatic rings. The van der Waals surface area contributed by atoms with Gasteiger partial charge in [-0.15, -0.1) is 0 Å². The number of methoxy groups -OCH3 is 1. The number of rotatable bonds is 4. The standard InChI is InChI=1S/C15H10I2O6/c1-22-13-10(4-7(16)5-11(13)17)15(21)23-8-2-3-9(14(19)20)12(18)6-8/h2-6,18H,1H3,(H,19,20). The van der Waals surface area contributed by atoms with Crippen LogP contribution in [0.25, 0.3) is 0 Å². The number of carbonyl (C=O) groups excluding carboxylic acids is 1. The van der Waals surface area contributed by atoms with E-state index < -0.39 is 17.7 Å². The topological polar surface area (TPSA) is 93.1 Å². The quantitative estimate of drug-likeness (QED) is 0.351. The molecular formula is C15H10I2O6. The van der Waals surface area contributed by atoms with Crippen molar-refractivity contribution in [2.45, 2.75) is 0 Å². The summed E-state index contributed by atoms with van der Waals surface area (Å²) in [4.78, 5) is 23.2. The Balaban J connectivity index is 2.33.